The van der Waals surface area contributed by atoms with Crippen molar-refractivity contribution in [2.45, 2.75) is 20.8 Å². The van der Waals surface area contributed by atoms with Crippen LogP contribution in [0.5, 0.6) is 0 Å². The van der Waals surface area contributed by atoms with Crippen LogP contribution in [0, 0.1) is 13.8 Å². The second-order valence-corrected chi connectivity index (χ2v) is 4.61. The van der Waals surface area contributed by atoms with Crippen molar-refractivity contribution in [1.82, 2.24) is 0 Å². The highest BCUT2D eigenvalue weighted by Gasteiger charge is 2.15. The molecule has 0 atom stereocenters. The molecule has 3 nitrogen and oxygen atoms in total. The number of ether oxygens (including phenoxy) is 1. The van der Waals surface area contributed by atoms with Crippen molar-refractivity contribution in [3.05, 3.63) is 28.8 Å². The second-order valence-electron chi connectivity index (χ2n) is 4.61. The Balaban J connectivity index is 2.34. The highest BCUT2D eigenvalue weighted by molar-refractivity contribution is 5.97. The first-order chi connectivity index (χ1) is 8.09. The quantitative estimate of drug-likeness (QED) is 0.734. The fourth-order valence-corrected chi connectivity index (χ4v) is 2.50. The number of nitrogens with zero attached hydrogens (tertiary/aromatic N) is 1. The van der Waals surface area contributed by atoms with E-state index in [0.29, 0.717) is 0 Å². The van der Waals surface area contributed by atoms with Gasteiger partial charge in [-0.15, -0.1) is 0 Å². The lowest BCUT2D eigenvalue weighted by molar-refractivity contribution is 0.101. The summed E-state index contributed by atoms with van der Waals surface area (Å²) in [4.78, 5) is 13.9. The largest absolute Gasteiger partial charge is 0.378 e. The Labute approximate surface area is 102 Å². The van der Waals surface area contributed by atoms with Crippen LogP contribution in [0.3, 0.4) is 0 Å². The third kappa shape index (κ3) is 2.50. The number of carbonyl (C=O) groups is 1. The van der Waals surface area contributed by atoms with E-state index in [1.807, 2.05) is 13.8 Å². The monoisotopic (exact) mass is 233 g/mol. The molecule has 0 bridgehead atoms. The van der Waals surface area contributed by atoms with Crippen molar-refractivity contribution in [2.24, 2.45) is 0 Å². The standard InChI is InChI=1S/C14H19NO2/c1-10-8-13(15-4-6-17-7-5-15)9-11(2)14(10)12(3)16/h8-9H,4-7H2,1-3H3. The van der Waals surface area contributed by atoms with Gasteiger partial charge in [-0.1, -0.05) is 0 Å². The Bertz CT molecular complexity index is 411. The summed E-state index contributed by atoms with van der Waals surface area (Å²) in [5.74, 6) is 0.147. The van der Waals surface area contributed by atoms with Crippen molar-refractivity contribution in [3.8, 4) is 0 Å². The third-order valence-electron chi connectivity index (χ3n) is 3.25. The van der Waals surface area contributed by atoms with Crippen LogP contribution in [0.2, 0.25) is 0 Å². The van der Waals surface area contributed by atoms with Crippen LogP contribution in [-0.2, 0) is 4.74 Å². The normalized spacial score (nSPS) is 16.1. The lowest BCUT2D eigenvalue weighted by Gasteiger charge is -2.29. The summed E-state index contributed by atoms with van der Waals surface area (Å²) in [6.45, 7) is 9.07. The summed E-state index contributed by atoms with van der Waals surface area (Å²) in [5.41, 5.74) is 4.20. The number of aryl methyl sites for hydroxylation is 2. The number of hydrogen-bond donors (Lipinski definition) is 0. The summed E-state index contributed by atoms with van der Waals surface area (Å²) in [6, 6.07) is 4.21. The van der Waals surface area contributed by atoms with E-state index in [0.717, 1.165) is 43.0 Å². The molecule has 1 aromatic rings. The molecular weight excluding hydrogens is 214 g/mol. The summed E-state index contributed by atoms with van der Waals surface area (Å²) >= 11 is 0. The Kier molecular flexibility index (Phi) is 3.48. The molecule has 0 amide bonds. The molecule has 0 spiro atoms. The van der Waals surface area contributed by atoms with Crippen LogP contribution in [-0.4, -0.2) is 32.1 Å². The molecule has 2 rings (SSSR count). The Hall–Kier alpha value is -1.35. The maximum absolute atomic E-state index is 11.5. The molecule has 1 heterocycles. The Morgan fingerprint density at radius 1 is 1.18 bits per heavy atom. The number of Topliss-reactive ketones (excluding diaryl/α,β-unsaturated/α-hetero) is 1. The summed E-state index contributed by atoms with van der Waals surface area (Å²) in [5, 5.41) is 0. The molecule has 92 valence electrons. The molecule has 1 aromatic carbocycles. The van der Waals surface area contributed by atoms with Crippen LogP contribution < -0.4 is 4.90 Å². The number of morpholine rings is 1. The van der Waals surface area contributed by atoms with Crippen molar-refractivity contribution >= 4 is 11.5 Å². The van der Waals surface area contributed by atoms with Gasteiger partial charge in [0.1, 0.15) is 0 Å². The molecule has 0 N–H and O–H groups in total. The molecule has 0 saturated carbocycles. The lowest BCUT2D eigenvalue weighted by atomic mass is 9.98. The molecule has 0 unspecified atom stereocenters. The van der Waals surface area contributed by atoms with Crippen LogP contribution in [0.1, 0.15) is 28.4 Å². The van der Waals surface area contributed by atoms with Crippen molar-refractivity contribution in [2.75, 3.05) is 31.2 Å². The van der Waals surface area contributed by atoms with Crippen molar-refractivity contribution in [1.29, 1.82) is 0 Å². The van der Waals surface area contributed by atoms with E-state index in [9.17, 15) is 4.79 Å². The van der Waals surface area contributed by atoms with Gasteiger partial charge in [-0.05, 0) is 44.0 Å². The van der Waals surface area contributed by atoms with E-state index < -0.39 is 0 Å². The lowest BCUT2D eigenvalue weighted by Crippen LogP contribution is -2.36. The number of ketones is 1. The topological polar surface area (TPSA) is 29.5 Å². The minimum absolute atomic E-state index is 0.147. The minimum atomic E-state index is 0.147. The van der Waals surface area contributed by atoms with E-state index in [-0.39, 0.29) is 5.78 Å². The zero-order valence-corrected chi connectivity index (χ0v) is 10.7. The third-order valence-corrected chi connectivity index (χ3v) is 3.25. The van der Waals surface area contributed by atoms with Gasteiger partial charge in [0.2, 0.25) is 0 Å². The van der Waals surface area contributed by atoms with Gasteiger partial charge in [0, 0.05) is 24.3 Å². The number of hydrogen-bond acceptors (Lipinski definition) is 3. The van der Waals surface area contributed by atoms with Gasteiger partial charge >= 0.3 is 0 Å². The zero-order chi connectivity index (χ0) is 12.4. The van der Waals surface area contributed by atoms with E-state index >= 15 is 0 Å². The second kappa shape index (κ2) is 4.88. The van der Waals surface area contributed by atoms with Gasteiger partial charge in [0.25, 0.3) is 0 Å². The highest BCUT2D eigenvalue weighted by atomic mass is 16.5. The predicted molar refractivity (Wildman–Crippen MR) is 69.0 cm³/mol. The van der Waals surface area contributed by atoms with Gasteiger partial charge < -0.3 is 9.64 Å². The first-order valence-corrected chi connectivity index (χ1v) is 6.04. The van der Waals surface area contributed by atoms with Crippen LogP contribution in [0.25, 0.3) is 0 Å². The van der Waals surface area contributed by atoms with E-state index in [1.165, 1.54) is 5.69 Å². The molecule has 1 aliphatic rings. The van der Waals surface area contributed by atoms with Crippen LogP contribution in [0.15, 0.2) is 12.1 Å². The molecule has 0 radical (unpaired) electrons. The van der Waals surface area contributed by atoms with Gasteiger partial charge in [-0.3, -0.25) is 4.79 Å². The number of rotatable bonds is 2. The number of benzene rings is 1. The zero-order valence-electron chi connectivity index (χ0n) is 10.7. The minimum Gasteiger partial charge on any atom is -0.378 e. The average Bonchev–Trinajstić information content (AvgIpc) is 2.28. The summed E-state index contributed by atoms with van der Waals surface area (Å²) in [7, 11) is 0. The number of carbonyl (C=O) groups excluding carboxylic acids is 1. The highest BCUT2D eigenvalue weighted by Crippen LogP contribution is 2.24. The molecule has 17 heavy (non-hydrogen) atoms. The first kappa shape index (κ1) is 12.1. The maximum atomic E-state index is 11.5. The van der Waals surface area contributed by atoms with Gasteiger partial charge in [0.05, 0.1) is 13.2 Å². The maximum Gasteiger partial charge on any atom is 0.160 e. The van der Waals surface area contributed by atoms with E-state index in [4.69, 9.17) is 4.74 Å². The molecule has 1 saturated heterocycles. The fraction of sp³-hybridized carbons (Fsp3) is 0.500. The van der Waals surface area contributed by atoms with E-state index in [1.54, 1.807) is 6.92 Å². The summed E-state index contributed by atoms with van der Waals surface area (Å²) < 4.78 is 5.35. The van der Waals surface area contributed by atoms with Gasteiger partial charge in [0.15, 0.2) is 5.78 Å². The van der Waals surface area contributed by atoms with Crippen molar-refractivity contribution in [3.63, 3.8) is 0 Å². The SMILES string of the molecule is CC(=O)c1c(C)cc(N2CCOCC2)cc1C. The Morgan fingerprint density at radius 2 is 1.71 bits per heavy atom. The molecule has 1 fully saturated rings. The molecule has 0 aliphatic carbocycles. The van der Waals surface area contributed by atoms with Crippen LogP contribution >= 0.6 is 0 Å². The van der Waals surface area contributed by atoms with Gasteiger partial charge in [-0.25, -0.2) is 0 Å². The summed E-state index contributed by atoms with van der Waals surface area (Å²) in [6.07, 6.45) is 0. The molecule has 0 aromatic heterocycles. The van der Waals surface area contributed by atoms with E-state index in [2.05, 4.69) is 17.0 Å². The predicted octanol–water partition coefficient (Wildman–Crippen LogP) is 2.34. The smallest absolute Gasteiger partial charge is 0.160 e. The first-order valence-electron chi connectivity index (χ1n) is 6.04. The van der Waals surface area contributed by atoms with Gasteiger partial charge in [-0.2, -0.15) is 0 Å². The molecule has 3 heteroatoms. The van der Waals surface area contributed by atoms with Crippen LogP contribution in [0.4, 0.5) is 5.69 Å². The average molecular weight is 233 g/mol. The Morgan fingerprint density at radius 3 is 2.18 bits per heavy atom. The fourth-order valence-electron chi connectivity index (χ4n) is 2.50. The molecular formula is C14H19NO2. The molecule has 1 aliphatic heterocycles. The number of anilines is 1. The van der Waals surface area contributed by atoms with Crippen molar-refractivity contribution < 1.29 is 9.53 Å².